The van der Waals surface area contributed by atoms with Gasteiger partial charge in [-0.05, 0) is 18.6 Å². The van der Waals surface area contributed by atoms with Gasteiger partial charge in [0.2, 0.25) is 5.91 Å². The predicted octanol–water partition coefficient (Wildman–Crippen LogP) is 0.672. The molecular weight excluding hydrogens is 254 g/mol. The average molecular weight is 273 g/mol. The lowest BCUT2D eigenvalue weighted by Gasteiger charge is -2.36. The van der Waals surface area contributed by atoms with Crippen LogP contribution in [0.3, 0.4) is 0 Å². The van der Waals surface area contributed by atoms with Crippen LogP contribution in [0.2, 0.25) is 0 Å². The first kappa shape index (κ1) is 13.7. The highest BCUT2D eigenvalue weighted by Gasteiger charge is 2.37. The molecule has 2 aliphatic heterocycles. The van der Waals surface area contributed by atoms with E-state index < -0.39 is 6.04 Å². The zero-order valence-electron chi connectivity index (χ0n) is 10.6. The molecule has 0 aromatic rings. The van der Waals surface area contributed by atoms with Gasteiger partial charge in [0, 0.05) is 6.54 Å². The van der Waals surface area contributed by atoms with Gasteiger partial charge in [0.25, 0.3) is 0 Å². The van der Waals surface area contributed by atoms with Crippen molar-refractivity contribution >= 4 is 23.6 Å². The monoisotopic (exact) mass is 273 g/mol. The molecule has 0 radical (unpaired) electrons. The van der Waals surface area contributed by atoms with E-state index in [0.29, 0.717) is 13.2 Å². The van der Waals surface area contributed by atoms with Crippen molar-refractivity contribution in [3.8, 4) is 0 Å². The molecule has 0 aromatic heterocycles. The first-order valence-corrected chi connectivity index (χ1v) is 7.36. The highest BCUT2D eigenvalue weighted by Crippen LogP contribution is 2.27. The van der Waals surface area contributed by atoms with Crippen LogP contribution in [0.4, 0.5) is 0 Å². The molecule has 2 saturated heterocycles. The summed E-state index contributed by atoms with van der Waals surface area (Å²) in [5.41, 5.74) is 0. The van der Waals surface area contributed by atoms with Crippen molar-refractivity contribution < 1.29 is 19.1 Å². The number of thioether (sulfide) groups is 1. The summed E-state index contributed by atoms with van der Waals surface area (Å²) < 4.78 is 10.0. The van der Waals surface area contributed by atoms with Crippen molar-refractivity contribution in [2.24, 2.45) is 0 Å². The Morgan fingerprint density at radius 1 is 1.39 bits per heavy atom. The molecule has 2 fully saturated rings. The number of carbonyl (C=O) groups excluding carboxylic acids is 2. The quantitative estimate of drug-likeness (QED) is 0.692. The largest absolute Gasteiger partial charge is 0.467 e. The van der Waals surface area contributed by atoms with Gasteiger partial charge in [0.15, 0.2) is 6.04 Å². The Balaban J connectivity index is 2.03. The van der Waals surface area contributed by atoms with E-state index in [4.69, 9.17) is 9.47 Å². The maximum Gasteiger partial charge on any atom is 0.331 e. The lowest BCUT2D eigenvalue weighted by atomic mass is 10.1. The van der Waals surface area contributed by atoms with E-state index in [-0.39, 0.29) is 23.7 Å². The lowest BCUT2D eigenvalue weighted by Crippen LogP contribution is -2.55. The van der Waals surface area contributed by atoms with E-state index in [9.17, 15) is 9.59 Å². The number of hydrogen-bond acceptors (Lipinski definition) is 5. The molecule has 0 N–H and O–H groups in total. The first-order valence-electron chi connectivity index (χ1n) is 6.31. The summed E-state index contributed by atoms with van der Waals surface area (Å²) in [6, 6.07) is -0.571. The van der Waals surface area contributed by atoms with E-state index in [1.54, 1.807) is 16.7 Å². The molecule has 0 aromatic carbocycles. The van der Waals surface area contributed by atoms with Gasteiger partial charge in [-0.3, -0.25) is 4.79 Å². The van der Waals surface area contributed by atoms with Crippen molar-refractivity contribution in [1.29, 1.82) is 0 Å². The van der Waals surface area contributed by atoms with Gasteiger partial charge in [-0.15, -0.1) is 11.8 Å². The summed E-state index contributed by atoms with van der Waals surface area (Å²) in [6.45, 7) is 1.22. The van der Waals surface area contributed by atoms with Gasteiger partial charge in [-0.2, -0.15) is 0 Å². The molecule has 6 heteroatoms. The minimum Gasteiger partial charge on any atom is -0.467 e. The lowest BCUT2D eigenvalue weighted by molar-refractivity contribution is -0.160. The standard InChI is InChI=1S/C12H19NO4S/c1-16-12(15)9-8-17-6-5-13(9)11(14)10-4-2-3-7-18-10/h9-10H,2-8H2,1H3. The van der Waals surface area contributed by atoms with Crippen LogP contribution in [0.5, 0.6) is 0 Å². The summed E-state index contributed by atoms with van der Waals surface area (Å²) in [6.07, 6.45) is 3.18. The molecule has 0 bridgehead atoms. The third-order valence-electron chi connectivity index (χ3n) is 3.34. The number of hydrogen-bond donors (Lipinski definition) is 0. The molecule has 5 nitrogen and oxygen atoms in total. The van der Waals surface area contributed by atoms with E-state index >= 15 is 0 Å². The molecule has 102 valence electrons. The number of morpholine rings is 1. The summed E-state index contributed by atoms with van der Waals surface area (Å²) in [5, 5.41) is 0.00371. The molecule has 2 aliphatic rings. The van der Waals surface area contributed by atoms with Crippen LogP contribution in [-0.4, -0.2) is 60.7 Å². The zero-order chi connectivity index (χ0) is 13.0. The topological polar surface area (TPSA) is 55.8 Å². The van der Waals surface area contributed by atoms with E-state index in [1.807, 2.05) is 0 Å². The molecule has 0 spiro atoms. The highest BCUT2D eigenvalue weighted by atomic mass is 32.2. The van der Waals surface area contributed by atoms with Crippen LogP contribution >= 0.6 is 11.8 Å². The minimum atomic E-state index is -0.571. The minimum absolute atomic E-state index is 0.00371. The van der Waals surface area contributed by atoms with Crippen molar-refractivity contribution in [2.75, 3.05) is 32.6 Å². The SMILES string of the molecule is COC(=O)C1COCCN1C(=O)C1CCCCS1. The second-order valence-corrected chi connectivity index (χ2v) is 5.81. The normalized spacial score (nSPS) is 28.8. The maximum atomic E-state index is 12.4. The van der Waals surface area contributed by atoms with Gasteiger partial charge < -0.3 is 14.4 Å². The van der Waals surface area contributed by atoms with Crippen molar-refractivity contribution in [2.45, 2.75) is 30.6 Å². The summed E-state index contributed by atoms with van der Waals surface area (Å²) in [5.74, 6) is 0.714. The van der Waals surface area contributed by atoms with Gasteiger partial charge in [0.05, 0.1) is 25.6 Å². The maximum absolute atomic E-state index is 12.4. The number of carbonyl (C=O) groups is 2. The number of methoxy groups -OCH3 is 1. The first-order chi connectivity index (χ1) is 8.74. The molecule has 1 amide bonds. The average Bonchev–Trinajstić information content (AvgIpc) is 2.46. The van der Waals surface area contributed by atoms with Crippen molar-refractivity contribution in [3.63, 3.8) is 0 Å². The van der Waals surface area contributed by atoms with Crippen LogP contribution in [-0.2, 0) is 19.1 Å². The molecule has 0 saturated carbocycles. The third-order valence-corrected chi connectivity index (χ3v) is 4.70. The van der Waals surface area contributed by atoms with Gasteiger partial charge in [-0.25, -0.2) is 4.79 Å². The fourth-order valence-electron chi connectivity index (χ4n) is 2.32. The Labute approximate surface area is 111 Å². The van der Waals surface area contributed by atoms with Crippen LogP contribution in [0.15, 0.2) is 0 Å². The van der Waals surface area contributed by atoms with Gasteiger partial charge >= 0.3 is 5.97 Å². The summed E-state index contributed by atoms with van der Waals surface area (Å²) in [7, 11) is 1.34. The number of amides is 1. The third kappa shape index (κ3) is 2.98. The Kier molecular flexibility index (Phi) is 4.88. The second-order valence-electron chi connectivity index (χ2n) is 4.50. The molecule has 18 heavy (non-hydrogen) atoms. The molecule has 0 aliphatic carbocycles. The van der Waals surface area contributed by atoms with Crippen LogP contribution in [0.25, 0.3) is 0 Å². The van der Waals surface area contributed by atoms with Crippen LogP contribution < -0.4 is 0 Å². The Morgan fingerprint density at radius 2 is 2.22 bits per heavy atom. The predicted molar refractivity (Wildman–Crippen MR) is 68.4 cm³/mol. The Hall–Kier alpha value is -0.750. The van der Waals surface area contributed by atoms with Gasteiger partial charge in [-0.1, -0.05) is 6.42 Å². The fraction of sp³-hybridized carbons (Fsp3) is 0.833. The molecular formula is C12H19NO4S. The highest BCUT2D eigenvalue weighted by molar-refractivity contribution is 8.00. The number of esters is 1. The summed E-state index contributed by atoms with van der Waals surface area (Å²) >= 11 is 1.70. The molecule has 2 unspecified atom stereocenters. The van der Waals surface area contributed by atoms with E-state index in [1.165, 1.54) is 13.5 Å². The van der Waals surface area contributed by atoms with Crippen molar-refractivity contribution in [1.82, 2.24) is 4.90 Å². The van der Waals surface area contributed by atoms with E-state index in [0.717, 1.165) is 18.6 Å². The number of rotatable bonds is 2. The molecule has 2 heterocycles. The fourth-order valence-corrected chi connectivity index (χ4v) is 3.59. The molecule has 2 rings (SSSR count). The smallest absolute Gasteiger partial charge is 0.331 e. The second kappa shape index (κ2) is 6.43. The summed E-state index contributed by atoms with van der Waals surface area (Å²) in [4.78, 5) is 25.7. The van der Waals surface area contributed by atoms with E-state index in [2.05, 4.69) is 0 Å². The van der Waals surface area contributed by atoms with Gasteiger partial charge in [0.1, 0.15) is 0 Å². The zero-order valence-corrected chi connectivity index (χ0v) is 11.4. The van der Waals surface area contributed by atoms with Crippen molar-refractivity contribution in [3.05, 3.63) is 0 Å². The van der Waals surface area contributed by atoms with Crippen LogP contribution in [0, 0.1) is 0 Å². The van der Waals surface area contributed by atoms with Crippen LogP contribution in [0.1, 0.15) is 19.3 Å². The number of ether oxygens (including phenoxy) is 2. The Morgan fingerprint density at radius 3 is 2.89 bits per heavy atom. The Bertz CT molecular complexity index is 317. The number of nitrogens with zero attached hydrogens (tertiary/aromatic N) is 1. The molecule has 2 atom stereocenters.